The third-order valence-electron chi connectivity index (χ3n) is 6.46. The molecule has 1 atom stereocenters. The first kappa shape index (κ1) is 22.7. The van der Waals surface area contributed by atoms with Gasteiger partial charge < -0.3 is 34.6 Å². The van der Waals surface area contributed by atoms with Crippen LogP contribution in [0, 0.1) is 0 Å². The lowest BCUT2D eigenvalue weighted by Gasteiger charge is -2.41. The summed E-state index contributed by atoms with van der Waals surface area (Å²) in [7, 11) is 5.72. The molecule has 10 heteroatoms. The van der Waals surface area contributed by atoms with Gasteiger partial charge in [0.1, 0.15) is 28.8 Å². The number of morpholine rings is 1. The molecule has 186 valence electrons. The van der Waals surface area contributed by atoms with E-state index in [0.717, 1.165) is 51.1 Å². The van der Waals surface area contributed by atoms with Gasteiger partial charge in [0.2, 0.25) is 5.95 Å². The van der Waals surface area contributed by atoms with Crippen LogP contribution in [0.15, 0.2) is 47.8 Å². The zero-order valence-electron chi connectivity index (χ0n) is 20.4. The van der Waals surface area contributed by atoms with Gasteiger partial charge in [-0.25, -0.2) is 4.98 Å². The number of hydrogen-bond acceptors (Lipinski definition) is 10. The number of nitrogens with zero attached hydrogens (tertiary/aromatic N) is 4. The van der Waals surface area contributed by atoms with E-state index >= 15 is 0 Å². The number of methoxy groups -OCH3 is 1. The molecule has 0 amide bonds. The summed E-state index contributed by atoms with van der Waals surface area (Å²) in [5.41, 5.74) is 3.82. The summed E-state index contributed by atoms with van der Waals surface area (Å²) in [6.07, 6.45) is 0. The Morgan fingerprint density at radius 2 is 1.97 bits per heavy atom. The zero-order valence-corrected chi connectivity index (χ0v) is 21.3. The summed E-state index contributed by atoms with van der Waals surface area (Å²) in [5, 5.41) is 9.89. The maximum absolute atomic E-state index is 6.09. The number of benzene rings is 2. The molecule has 1 fully saturated rings. The molecule has 2 N–H and O–H groups in total. The molecule has 1 saturated heterocycles. The van der Waals surface area contributed by atoms with Gasteiger partial charge in [-0.2, -0.15) is 4.98 Å². The van der Waals surface area contributed by atoms with Crippen LogP contribution in [0.2, 0.25) is 0 Å². The van der Waals surface area contributed by atoms with Crippen LogP contribution in [0.1, 0.15) is 0 Å². The predicted molar refractivity (Wildman–Crippen MR) is 145 cm³/mol. The summed E-state index contributed by atoms with van der Waals surface area (Å²) in [5.74, 6) is 2.73. The minimum absolute atomic E-state index is 0.220. The summed E-state index contributed by atoms with van der Waals surface area (Å²) < 4.78 is 17.5. The van der Waals surface area contributed by atoms with Crippen LogP contribution in [0.5, 0.6) is 11.5 Å². The van der Waals surface area contributed by atoms with Crippen LogP contribution in [0.25, 0.3) is 10.2 Å². The van der Waals surface area contributed by atoms with Gasteiger partial charge in [-0.15, -0.1) is 11.3 Å². The van der Waals surface area contributed by atoms with Gasteiger partial charge in [-0.05, 0) is 23.6 Å². The molecule has 0 radical (unpaired) electrons. The second-order valence-corrected chi connectivity index (χ2v) is 9.84. The number of aromatic nitrogens is 2. The van der Waals surface area contributed by atoms with Crippen molar-refractivity contribution >= 4 is 56.1 Å². The van der Waals surface area contributed by atoms with Crippen molar-refractivity contribution < 1.29 is 14.2 Å². The fraction of sp³-hybridized carbons (Fsp3) is 0.308. The molecule has 0 spiro atoms. The molecule has 0 saturated carbocycles. The second kappa shape index (κ2) is 9.36. The van der Waals surface area contributed by atoms with Gasteiger partial charge in [0.25, 0.3) is 0 Å². The molecule has 2 aromatic heterocycles. The Morgan fingerprint density at radius 3 is 2.83 bits per heavy atom. The van der Waals surface area contributed by atoms with Crippen LogP contribution >= 0.6 is 11.3 Å². The van der Waals surface area contributed by atoms with Crippen LogP contribution in [0.4, 0.5) is 34.5 Å². The summed E-state index contributed by atoms with van der Waals surface area (Å²) >= 11 is 1.58. The lowest BCUT2D eigenvalue weighted by Crippen LogP contribution is -2.51. The number of thiophene rings is 1. The monoisotopic (exact) mass is 504 g/mol. The maximum Gasteiger partial charge on any atom is 0.230 e. The highest BCUT2D eigenvalue weighted by molar-refractivity contribution is 7.16. The van der Waals surface area contributed by atoms with E-state index in [2.05, 4.69) is 26.5 Å². The van der Waals surface area contributed by atoms with E-state index in [1.807, 2.05) is 55.9 Å². The average Bonchev–Trinajstić information content (AvgIpc) is 3.37. The Labute approximate surface area is 213 Å². The lowest BCUT2D eigenvalue weighted by atomic mass is 10.1. The van der Waals surface area contributed by atoms with Gasteiger partial charge in [0, 0.05) is 32.8 Å². The Balaban J connectivity index is 1.36. The number of ether oxygens (including phenoxy) is 3. The van der Waals surface area contributed by atoms with Gasteiger partial charge in [-0.3, -0.25) is 0 Å². The first-order valence-electron chi connectivity index (χ1n) is 11.9. The van der Waals surface area contributed by atoms with E-state index < -0.39 is 0 Å². The van der Waals surface area contributed by atoms with Crippen molar-refractivity contribution in [2.75, 3.05) is 68.0 Å². The van der Waals surface area contributed by atoms with Crippen molar-refractivity contribution in [2.45, 2.75) is 6.04 Å². The van der Waals surface area contributed by atoms with Crippen LogP contribution in [-0.4, -0.2) is 63.6 Å². The Kier molecular flexibility index (Phi) is 5.90. The van der Waals surface area contributed by atoms with E-state index in [1.54, 1.807) is 18.4 Å². The molecule has 4 heterocycles. The molecule has 0 aliphatic carbocycles. The quantitative estimate of drug-likeness (QED) is 0.383. The molecule has 2 aliphatic rings. The molecule has 2 aliphatic heterocycles. The average molecular weight is 505 g/mol. The van der Waals surface area contributed by atoms with Crippen molar-refractivity contribution in [3.8, 4) is 11.5 Å². The summed E-state index contributed by atoms with van der Waals surface area (Å²) in [6.45, 7) is 2.80. The highest BCUT2D eigenvalue weighted by Gasteiger charge is 2.31. The third-order valence-corrected chi connectivity index (χ3v) is 7.27. The summed E-state index contributed by atoms with van der Waals surface area (Å²) in [6, 6.07) is 14.4. The Bertz CT molecular complexity index is 1410. The van der Waals surface area contributed by atoms with Crippen LogP contribution in [-0.2, 0) is 4.74 Å². The molecular weight excluding hydrogens is 476 g/mol. The number of nitrogens with one attached hydrogen (secondary N) is 2. The van der Waals surface area contributed by atoms with Gasteiger partial charge in [-0.1, -0.05) is 12.1 Å². The number of rotatable bonds is 6. The van der Waals surface area contributed by atoms with Crippen molar-refractivity contribution in [1.82, 2.24) is 9.97 Å². The normalized spacial score (nSPS) is 16.6. The molecule has 9 nitrogen and oxygen atoms in total. The zero-order chi connectivity index (χ0) is 24.6. The highest BCUT2D eigenvalue weighted by atomic mass is 32.1. The van der Waals surface area contributed by atoms with E-state index in [1.165, 1.54) is 0 Å². The predicted octanol–water partition coefficient (Wildman–Crippen LogP) is 4.85. The van der Waals surface area contributed by atoms with Crippen molar-refractivity contribution in [3.05, 3.63) is 47.8 Å². The minimum Gasteiger partial charge on any atom is -0.494 e. The minimum atomic E-state index is 0.220. The van der Waals surface area contributed by atoms with Crippen LogP contribution in [0.3, 0.4) is 0 Å². The third kappa shape index (κ3) is 4.12. The SMILES string of the molecule is COc1cc2c(cc1Nc1nc(Nc3ccccc3N(C)C)c3ccsc3n1)OCC1COCCN21. The molecule has 1 unspecified atom stereocenters. The van der Waals surface area contributed by atoms with Crippen molar-refractivity contribution in [1.29, 1.82) is 0 Å². The first-order valence-corrected chi connectivity index (χ1v) is 12.7. The molecule has 36 heavy (non-hydrogen) atoms. The number of anilines is 6. The smallest absolute Gasteiger partial charge is 0.230 e. The molecular formula is C26H28N6O3S. The molecule has 4 aromatic rings. The Hall–Kier alpha value is -3.76. The molecule has 2 aromatic carbocycles. The Morgan fingerprint density at radius 1 is 1.08 bits per heavy atom. The number of hydrogen-bond donors (Lipinski definition) is 2. The van der Waals surface area contributed by atoms with Crippen molar-refractivity contribution in [3.63, 3.8) is 0 Å². The van der Waals surface area contributed by atoms with Gasteiger partial charge in [0.05, 0.1) is 54.5 Å². The topological polar surface area (TPSA) is 84.0 Å². The molecule has 6 rings (SSSR count). The fourth-order valence-corrected chi connectivity index (χ4v) is 5.44. The van der Waals surface area contributed by atoms with Crippen molar-refractivity contribution in [2.24, 2.45) is 0 Å². The number of fused-ring (bicyclic) bond motifs is 4. The van der Waals surface area contributed by atoms with E-state index in [9.17, 15) is 0 Å². The second-order valence-electron chi connectivity index (χ2n) is 8.95. The maximum atomic E-state index is 6.09. The number of para-hydroxylation sites is 2. The van der Waals surface area contributed by atoms with E-state index in [-0.39, 0.29) is 6.04 Å². The lowest BCUT2D eigenvalue weighted by molar-refractivity contribution is 0.0705. The van der Waals surface area contributed by atoms with Gasteiger partial charge >= 0.3 is 0 Å². The first-order chi connectivity index (χ1) is 17.6. The largest absolute Gasteiger partial charge is 0.494 e. The van der Waals surface area contributed by atoms with E-state index in [4.69, 9.17) is 24.2 Å². The standard InChI is InChI=1S/C26H28N6O3S/c1-31(2)20-7-5-4-6-18(20)27-24-17-8-11-36-25(17)30-26(29-24)28-19-12-23-21(13-22(19)33-3)32-9-10-34-14-16(32)15-35-23/h4-8,11-13,16H,9-10,14-15H2,1-3H3,(H2,27,28,29,30). The molecule has 0 bridgehead atoms. The van der Waals surface area contributed by atoms with Gasteiger partial charge in [0.15, 0.2) is 0 Å². The summed E-state index contributed by atoms with van der Waals surface area (Å²) in [4.78, 5) is 14.9. The highest BCUT2D eigenvalue weighted by Crippen LogP contribution is 2.43. The van der Waals surface area contributed by atoms with E-state index in [0.29, 0.717) is 31.5 Å². The fourth-order valence-electron chi connectivity index (χ4n) is 4.68. The van der Waals surface area contributed by atoms with Crippen LogP contribution < -0.4 is 29.9 Å².